The van der Waals surface area contributed by atoms with Gasteiger partial charge in [-0.2, -0.15) is 0 Å². The van der Waals surface area contributed by atoms with Crippen LogP contribution < -0.4 is 0 Å². The molecule has 11 nitrogen and oxygen atoms in total. The van der Waals surface area contributed by atoms with Crippen LogP contribution in [-0.2, 0) is 47.4 Å². The van der Waals surface area contributed by atoms with Crippen molar-refractivity contribution in [2.45, 2.75) is 110 Å². The number of aliphatic hydroxyl groups excluding tert-OH is 1. The van der Waals surface area contributed by atoms with Gasteiger partial charge in [0.1, 0.15) is 0 Å². The van der Waals surface area contributed by atoms with E-state index in [1.165, 1.54) is 57.8 Å². The van der Waals surface area contributed by atoms with E-state index in [4.69, 9.17) is 47.4 Å². The maximum atomic E-state index is 9.38. The maximum Gasteiger partial charge on any atom is 0.0807 e. The van der Waals surface area contributed by atoms with Gasteiger partial charge in [-0.25, -0.2) is 0 Å². The number of aliphatic hydroxyl groups is 1. The summed E-state index contributed by atoms with van der Waals surface area (Å²) in [6.07, 6.45) is 14.8. The maximum absolute atomic E-state index is 9.38. The van der Waals surface area contributed by atoms with Gasteiger partial charge in [0.2, 0.25) is 0 Å². The van der Waals surface area contributed by atoms with Gasteiger partial charge in [-0.05, 0) is 19.3 Å². The third-order valence-electron chi connectivity index (χ3n) is 7.37. The smallest absolute Gasteiger partial charge is 0.0807 e. The lowest BCUT2D eigenvalue weighted by Crippen LogP contribution is -2.22. The first-order valence-electron chi connectivity index (χ1n) is 18.7. The van der Waals surface area contributed by atoms with Crippen molar-refractivity contribution in [3.05, 3.63) is 0 Å². The highest BCUT2D eigenvalue weighted by Gasteiger charge is 2.07. The number of hydrogen-bond acceptors (Lipinski definition) is 11. The molecule has 0 aliphatic rings. The summed E-state index contributed by atoms with van der Waals surface area (Å²) in [5.41, 5.74) is 0. The molecule has 0 aromatic carbocycles. The zero-order valence-electron chi connectivity index (χ0n) is 30.6. The predicted molar refractivity (Wildman–Crippen MR) is 186 cm³/mol. The van der Waals surface area contributed by atoms with Gasteiger partial charge in [0.05, 0.1) is 131 Å². The Hall–Kier alpha value is -0.440. The summed E-state index contributed by atoms with van der Waals surface area (Å²) in [5.74, 6) is 0. The molecule has 2 atom stereocenters. The first-order valence-corrected chi connectivity index (χ1v) is 18.7. The predicted octanol–water partition coefficient (Wildman–Crippen LogP) is 5.62. The first-order chi connectivity index (χ1) is 23.2. The van der Waals surface area contributed by atoms with Crippen molar-refractivity contribution >= 4 is 0 Å². The summed E-state index contributed by atoms with van der Waals surface area (Å²) in [4.78, 5) is 0. The number of hydrogen-bond donors (Lipinski definition) is 1. The molecule has 0 aliphatic carbocycles. The molecule has 0 heterocycles. The molecule has 1 N–H and O–H groups in total. The SMILES string of the molecule is CCCCCCCCCCCCOCC(CC)OCCOCCOCCOCCOCCOCCOCCOCCOCC(O)CC. The molecule has 0 bridgehead atoms. The minimum absolute atomic E-state index is 0.132. The number of unbranched alkanes of at least 4 members (excludes halogenated alkanes) is 9. The molecule has 47 heavy (non-hydrogen) atoms. The van der Waals surface area contributed by atoms with Gasteiger partial charge in [-0.15, -0.1) is 0 Å². The van der Waals surface area contributed by atoms with E-state index in [0.29, 0.717) is 125 Å². The molecular formula is C36H74O11. The Labute approximate surface area is 287 Å². The van der Waals surface area contributed by atoms with Crippen molar-refractivity contribution in [3.63, 3.8) is 0 Å². The lowest BCUT2D eigenvalue weighted by molar-refractivity contribution is -0.0484. The quantitative estimate of drug-likeness (QED) is 0.0810. The van der Waals surface area contributed by atoms with E-state index in [1.807, 2.05) is 6.92 Å². The second-order valence-electron chi connectivity index (χ2n) is 11.6. The Morgan fingerprint density at radius 2 is 0.681 bits per heavy atom. The molecule has 0 aromatic rings. The highest BCUT2D eigenvalue weighted by atomic mass is 16.6. The monoisotopic (exact) mass is 683 g/mol. The van der Waals surface area contributed by atoms with Gasteiger partial charge < -0.3 is 52.5 Å². The van der Waals surface area contributed by atoms with Crippen LogP contribution >= 0.6 is 0 Å². The standard InChI is InChI=1S/C36H74O11/c1-4-7-8-9-10-11-12-13-14-15-16-45-34-36(6-3)47-32-31-44-28-27-42-24-23-40-20-19-38-17-18-39-21-22-41-25-26-43-29-30-46-33-35(37)5-2/h35-37H,4-34H2,1-3H3. The van der Waals surface area contributed by atoms with Crippen molar-refractivity contribution in [1.29, 1.82) is 0 Å². The van der Waals surface area contributed by atoms with Gasteiger partial charge in [0.15, 0.2) is 0 Å². The lowest BCUT2D eigenvalue weighted by Gasteiger charge is -2.16. The Kier molecular flexibility index (Phi) is 41.3. The van der Waals surface area contributed by atoms with Gasteiger partial charge in [0.25, 0.3) is 0 Å². The third kappa shape index (κ3) is 39.9. The Morgan fingerprint density at radius 3 is 1.06 bits per heavy atom. The lowest BCUT2D eigenvalue weighted by atomic mass is 10.1. The minimum atomic E-state index is -0.398. The van der Waals surface area contributed by atoms with E-state index in [-0.39, 0.29) is 6.10 Å². The molecule has 11 heteroatoms. The zero-order chi connectivity index (χ0) is 34.1. The number of rotatable bonds is 42. The summed E-state index contributed by atoms with van der Waals surface area (Å²) in [6.45, 7) is 16.5. The molecule has 0 rings (SSSR count). The van der Waals surface area contributed by atoms with Crippen LogP contribution in [-0.4, -0.2) is 143 Å². The topological polar surface area (TPSA) is 113 Å². The van der Waals surface area contributed by atoms with Crippen LogP contribution in [0.1, 0.15) is 97.8 Å². The van der Waals surface area contributed by atoms with Crippen LogP contribution in [0.5, 0.6) is 0 Å². The Morgan fingerprint density at radius 1 is 0.340 bits per heavy atom. The summed E-state index contributed by atoms with van der Waals surface area (Å²) in [7, 11) is 0. The van der Waals surface area contributed by atoms with Crippen molar-refractivity contribution in [1.82, 2.24) is 0 Å². The summed E-state index contributed by atoms with van der Waals surface area (Å²) in [6, 6.07) is 0. The molecule has 0 spiro atoms. The fourth-order valence-electron chi connectivity index (χ4n) is 4.34. The molecule has 0 radical (unpaired) electrons. The molecule has 0 saturated carbocycles. The van der Waals surface area contributed by atoms with E-state index in [9.17, 15) is 5.11 Å². The highest BCUT2D eigenvalue weighted by molar-refractivity contribution is 4.54. The van der Waals surface area contributed by atoms with E-state index in [2.05, 4.69) is 13.8 Å². The van der Waals surface area contributed by atoms with Crippen molar-refractivity contribution < 1.29 is 52.5 Å². The second-order valence-corrected chi connectivity index (χ2v) is 11.6. The first kappa shape index (κ1) is 46.6. The Balaban J connectivity index is 3.21. The van der Waals surface area contributed by atoms with E-state index < -0.39 is 6.10 Å². The average molecular weight is 683 g/mol. The molecule has 2 unspecified atom stereocenters. The normalized spacial score (nSPS) is 13.0. The fraction of sp³-hybridized carbons (Fsp3) is 1.00. The molecule has 0 aromatic heterocycles. The average Bonchev–Trinajstić information content (AvgIpc) is 3.09. The van der Waals surface area contributed by atoms with Crippen LogP contribution in [0.25, 0.3) is 0 Å². The minimum Gasteiger partial charge on any atom is -0.391 e. The molecule has 0 aliphatic heterocycles. The summed E-state index contributed by atoms with van der Waals surface area (Å²) >= 11 is 0. The molecular weight excluding hydrogens is 608 g/mol. The van der Waals surface area contributed by atoms with E-state index in [0.717, 1.165) is 19.4 Å². The summed E-state index contributed by atoms with van der Waals surface area (Å²) < 4.78 is 55.5. The molecule has 284 valence electrons. The zero-order valence-corrected chi connectivity index (χ0v) is 30.6. The van der Waals surface area contributed by atoms with Crippen LogP contribution in [0.2, 0.25) is 0 Å². The Bertz CT molecular complexity index is 559. The molecule has 0 amide bonds. The third-order valence-corrected chi connectivity index (χ3v) is 7.37. The van der Waals surface area contributed by atoms with Gasteiger partial charge in [-0.1, -0.05) is 78.6 Å². The van der Waals surface area contributed by atoms with Crippen LogP contribution in [0, 0.1) is 0 Å². The fourth-order valence-corrected chi connectivity index (χ4v) is 4.34. The second kappa shape index (κ2) is 41.7. The van der Waals surface area contributed by atoms with E-state index >= 15 is 0 Å². The molecule has 0 saturated heterocycles. The van der Waals surface area contributed by atoms with Crippen LogP contribution in [0.4, 0.5) is 0 Å². The van der Waals surface area contributed by atoms with Gasteiger partial charge in [-0.3, -0.25) is 0 Å². The van der Waals surface area contributed by atoms with Gasteiger partial charge >= 0.3 is 0 Å². The largest absolute Gasteiger partial charge is 0.391 e. The van der Waals surface area contributed by atoms with Crippen molar-refractivity contribution in [2.75, 3.05) is 126 Å². The van der Waals surface area contributed by atoms with E-state index in [1.54, 1.807) is 0 Å². The van der Waals surface area contributed by atoms with Crippen molar-refractivity contribution in [2.24, 2.45) is 0 Å². The molecule has 0 fully saturated rings. The summed E-state index contributed by atoms with van der Waals surface area (Å²) in [5, 5.41) is 9.38. The van der Waals surface area contributed by atoms with Crippen LogP contribution in [0.3, 0.4) is 0 Å². The van der Waals surface area contributed by atoms with Crippen LogP contribution in [0.15, 0.2) is 0 Å². The highest BCUT2D eigenvalue weighted by Crippen LogP contribution is 2.10. The van der Waals surface area contributed by atoms with Crippen molar-refractivity contribution in [3.8, 4) is 0 Å². The number of ether oxygens (including phenoxy) is 10. The van der Waals surface area contributed by atoms with Gasteiger partial charge in [0, 0.05) is 6.61 Å².